The second-order valence-electron chi connectivity index (χ2n) is 2.73. The van der Waals surface area contributed by atoms with E-state index in [2.05, 4.69) is 0 Å². The number of hydrogen-bond donors (Lipinski definition) is 1. The summed E-state index contributed by atoms with van der Waals surface area (Å²) in [5.41, 5.74) is -1.02. The molecule has 0 aromatic heterocycles. The van der Waals surface area contributed by atoms with Crippen molar-refractivity contribution in [1.29, 1.82) is 0 Å². The van der Waals surface area contributed by atoms with Crippen LogP contribution in [0.2, 0.25) is 0 Å². The molecule has 0 aliphatic rings. The molecule has 0 amide bonds. The first-order chi connectivity index (χ1) is 6.86. The molecule has 0 bridgehead atoms. The molecule has 1 aromatic rings. The Kier molecular flexibility index (Phi) is 3.69. The summed E-state index contributed by atoms with van der Waals surface area (Å²) in [7, 11) is 0. The van der Waals surface area contributed by atoms with E-state index >= 15 is 0 Å². The van der Waals surface area contributed by atoms with Gasteiger partial charge in [0.15, 0.2) is 0 Å². The molecule has 0 aliphatic carbocycles. The van der Waals surface area contributed by atoms with Gasteiger partial charge in [-0.15, -0.1) is 0 Å². The Hall–Kier alpha value is -0.660. The van der Waals surface area contributed by atoms with Gasteiger partial charge in [0.1, 0.15) is 17.1 Å². The van der Waals surface area contributed by atoms with E-state index < -0.39 is 17.5 Å². The molecule has 0 heterocycles. The smallest absolute Gasteiger partial charge is 0.420 e. The van der Waals surface area contributed by atoms with Crippen LogP contribution in [0.5, 0.6) is 11.5 Å². The molecular weight excluding hydrogens is 324 g/mol. The van der Waals surface area contributed by atoms with Crippen LogP contribution in [0.15, 0.2) is 12.1 Å². The molecule has 0 aliphatic heterocycles. The van der Waals surface area contributed by atoms with Crippen molar-refractivity contribution in [2.24, 2.45) is 0 Å². The standard InChI is InChI=1S/C9H8F3IO2/c1-2-15-5-3-6(13)8(7(14)4-5)9(10,11)12/h3-4,14H,2H2,1H3. The number of rotatable bonds is 2. The van der Waals surface area contributed by atoms with Crippen LogP contribution in [0.1, 0.15) is 12.5 Å². The predicted octanol–water partition coefficient (Wildman–Crippen LogP) is 3.41. The number of ether oxygens (including phenoxy) is 1. The van der Waals surface area contributed by atoms with Crippen LogP contribution in [0, 0.1) is 3.57 Å². The number of phenolic OH excluding ortho intramolecular Hbond substituents is 1. The molecule has 1 rings (SSSR count). The number of alkyl halides is 3. The maximum Gasteiger partial charge on any atom is 0.420 e. The third-order valence-corrected chi connectivity index (χ3v) is 2.49. The summed E-state index contributed by atoms with van der Waals surface area (Å²) in [6, 6.07) is 2.21. The van der Waals surface area contributed by atoms with Crippen LogP contribution >= 0.6 is 22.6 Å². The maximum absolute atomic E-state index is 12.4. The van der Waals surface area contributed by atoms with E-state index in [0.29, 0.717) is 6.61 Å². The quantitative estimate of drug-likeness (QED) is 0.841. The lowest BCUT2D eigenvalue weighted by molar-refractivity contribution is -0.139. The fourth-order valence-corrected chi connectivity index (χ4v) is 1.99. The summed E-state index contributed by atoms with van der Waals surface area (Å²) >= 11 is 1.52. The summed E-state index contributed by atoms with van der Waals surface area (Å²) in [5.74, 6) is -0.578. The van der Waals surface area contributed by atoms with E-state index in [1.165, 1.54) is 28.7 Å². The van der Waals surface area contributed by atoms with Gasteiger partial charge in [-0.1, -0.05) is 0 Å². The van der Waals surface area contributed by atoms with E-state index in [9.17, 15) is 18.3 Å². The molecular formula is C9H8F3IO2. The van der Waals surface area contributed by atoms with Gasteiger partial charge in [0.05, 0.1) is 6.61 Å². The number of aromatic hydroxyl groups is 1. The van der Waals surface area contributed by atoms with Crippen LogP contribution in [-0.4, -0.2) is 11.7 Å². The first-order valence-electron chi connectivity index (χ1n) is 4.08. The molecule has 2 nitrogen and oxygen atoms in total. The van der Waals surface area contributed by atoms with Crippen molar-refractivity contribution in [3.8, 4) is 11.5 Å². The second kappa shape index (κ2) is 4.46. The molecule has 0 spiro atoms. The van der Waals surface area contributed by atoms with E-state index in [1.807, 2.05) is 0 Å². The minimum atomic E-state index is -4.55. The molecule has 0 unspecified atom stereocenters. The summed E-state index contributed by atoms with van der Waals surface area (Å²) in [6.45, 7) is 2.04. The van der Waals surface area contributed by atoms with E-state index in [4.69, 9.17) is 4.74 Å². The monoisotopic (exact) mass is 332 g/mol. The summed E-state index contributed by atoms with van der Waals surface area (Å²) in [5, 5.41) is 9.23. The summed E-state index contributed by atoms with van der Waals surface area (Å²) < 4.78 is 42.2. The van der Waals surface area contributed by atoms with Gasteiger partial charge in [-0.2, -0.15) is 13.2 Å². The number of phenols is 1. The molecule has 0 radical (unpaired) electrons. The molecule has 0 atom stereocenters. The first kappa shape index (κ1) is 12.4. The third kappa shape index (κ3) is 2.90. The fraction of sp³-hybridized carbons (Fsp3) is 0.333. The number of halogens is 4. The molecule has 6 heteroatoms. The van der Waals surface area contributed by atoms with Crippen molar-refractivity contribution in [1.82, 2.24) is 0 Å². The van der Waals surface area contributed by atoms with Gasteiger partial charge in [0.2, 0.25) is 0 Å². The molecule has 84 valence electrons. The van der Waals surface area contributed by atoms with Crippen LogP contribution in [0.4, 0.5) is 13.2 Å². The highest BCUT2D eigenvalue weighted by molar-refractivity contribution is 14.1. The molecule has 1 N–H and O–H groups in total. The Bertz CT molecular complexity index is 340. The Morgan fingerprint density at radius 2 is 2.00 bits per heavy atom. The van der Waals surface area contributed by atoms with Crippen molar-refractivity contribution in [3.05, 3.63) is 21.3 Å². The Balaban J connectivity index is 3.22. The van der Waals surface area contributed by atoms with E-state index in [-0.39, 0.29) is 9.32 Å². The average Bonchev–Trinajstić information content (AvgIpc) is 1.99. The lowest BCUT2D eigenvalue weighted by atomic mass is 10.2. The average molecular weight is 332 g/mol. The highest BCUT2D eigenvalue weighted by Gasteiger charge is 2.36. The fourth-order valence-electron chi connectivity index (χ4n) is 1.10. The van der Waals surface area contributed by atoms with Crippen molar-refractivity contribution in [2.45, 2.75) is 13.1 Å². The normalized spacial score (nSPS) is 11.5. The van der Waals surface area contributed by atoms with Crippen molar-refractivity contribution in [3.63, 3.8) is 0 Å². The number of benzene rings is 1. The highest BCUT2D eigenvalue weighted by Crippen LogP contribution is 2.40. The SMILES string of the molecule is CCOc1cc(O)c(C(F)(F)F)c(I)c1. The topological polar surface area (TPSA) is 29.5 Å². The largest absolute Gasteiger partial charge is 0.507 e. The number of hydrogen-bond acceptors (Lipinski definition) is 2. The lowest BCUT2D eigenvalue weighted by Gasteiger charge is -2.13. The zero-order valence-electron chi connectivity index (χ0n) is 7.73. The van der Waals surface area contributed by atoms with Crippen molar-refractivity contribution < 1.29 is 23.0 Å². The van der Waals surface area contributed by atoms with Gasteiger partial charge in [-0.3, -0.25) is 0 Å². The van der Waals surface area contributed by atoms with Crippen LogP contribution < -0.4 is 4.74 Å². The van der Waals surface area contributed by atoms with Crippen LogP contribution in [0.3, 0.4) is 0 Å². The van der Waals surface area contributed by atoms with Gasteiger partial charge >= 0.3 is 6.18 Å². The second-order valence-corrected chi connectivity index (χ2v) is 3.89. The van der Waals surface area contributed by atoms with Crippen LogP contribution in [-0.2, 0) is 6.18 Å². The first-order valence-corrected chi connectivity index (χ1v) is 5.16. The molecule has 15 heavy (non-hydrogen) atoms. The Labute approximate surface area is 98.2 Å². The highest BCUT2D eigenvalue weighted by atomic mass is 127. The summed E-state index contributed by atoms with van der Waals surface area (Å²) in [6.07, 6.45) is -4.55. The minimum Gasteiger partial charge on any atom is -0.507 e. The van der Waals surface area contributed by atoms with Crippen molar-refractivity contribution >= 4 is 22.6 Å². The third-order valence-electron chi connectivity index (χ3n) is 1.64. The summed E-state index contributed by atoms with van der Waals surface area (Å²) in [4.78, 5) is 0. The zero-order chi connectivity index (χ0) is 11.6. The van der Waals surface area contributed by atoms with Gasteiger partial charge in [-0.05, 0) is 35.6 Å². The van der Waals surface area contributed by atoms with Gasteiger partial charge in [0.25, 0.3) is 0 Å². The van der Waals surface area contributed by atoms with E-state index in [1.54, 1.807) is 6.92 Å². The van der Waals surface area contributed by atoms with Gasteiger partial charge < -0.3 is 9.84 Å². The van der Waals surface area contributed by atoms with Crippen molar-refractivity contribution in [2.75, 3.05) is 6.61 Å². The molecule has 0 saturated carbocycles. The minimum absolute atomic E-state index is 0.0800. The molecule has 0 saturated heterocycles. The Morgan fingerprint density at radius 3 is 2.40 bits per heavy atom. The van der Waals surface area contributed by atoms with Crippen LogP contribution in [0.25, 0.3) is 0 Å². The molecule has 0 fully saturated rings. The Morgan fingerprint density at radius 1 is 1.40 bits per heavy atom. The lowest BCUT2D eigenvalue weighted by Crippen LogP contribution is -2.08. The predicted molar refractivity (Wildman–Crippen MR) is 57.0 cm³/mol. The zero-order valence-corrected chi connectivity index (χ0v) is 9.89. The van der Waals surface area contributed by atoms with Gasteiger partial charge in [0, 0.05) is 9.64 Å². The van der Waals surface area contributed by atoms with E-state index in [0.717, 1.165) is 6.07 Å². The maximum atomic E-state index is 12.4. The van der Waals surface area contributed by atoms with Gasteiger partial charge in [-0.25, -0.2) is 0 Å². The molecule has 1 aromatic carbocycles.